The smallest absolute Gasteiger partial charge is 0.272 e. The predicted octanol–water partition coefficient (Wildman–Crippen LogP) is 2.72. The molecule has 5 nitrogen and oxygen atoms in total. The van der Waals surface area contributed by atoms with Gasteiger partial charge in [0.1, 0.15) is 11.6 Å². The minimum atomic E-state index is -0.633. The summed E-state index contributed by atoms with van der Waals surface area (Å²) in [4.78, 5) is 14.0. The number of benzene rings is 1. The number of hydrogen-bond acceptors (Lipinski definition) is 3. The number of nitro groups is 1. The highest BCUT2D eigenvalue weighted by Gasteiger charge is 2.11. The average Bonchev–Trinajstić information content (AvgIpc) is 2.75. The van der Waals surface area contributed by atoms with Gasteiger partial charge in [-0.25, -0.2) is 9.37 Å². The molecule has 0 radical (unpaired) electrons. The van der Waals surface area contributed by atoms with Crippen LogP contribution < -0.4 is 0 Å². The van der Waals surface area contributed by atoms with E-state index in [4.69, 9.17) is 11.6 Å². The van der Waals surface area contributed by atoms with E-state index in [1.165, 1.54) is 12.1 Å². The van der Waals surface area contributed by atoms with Gasteiger partial charge in [-0.15, -0.1) is 11.6 Å². The lowest BCUT2D eigenvalue weighted by Gasteiger charge is -2.06. The number of halogens is 2. The third-order valence-electron chi connectivity index (χ3n) is 2.43. The summed E-state index contributed by atoms with van der Waals surface area (Å²) in [6, 6.07) is 3.48. The molecule has 0 N–H and O–H groups in total. The van der Waals surface area contributed by atoms with Crippen LogP contribution in [0.1, 0.15) is 11.4 Å². The second-order valence-electron chi connectivity index (χ2n) is 3.68. The van der Waals surface area contributed by atoms with E-state index in [0.717, 1.165) is 6.07 Å². The molecular formula is C11H9ClFN3O2. The number of imidazole rings is 1. The third kappa shape index (κ3) is 2.65. The van der Waals surface area contributed by atoms with Crippen molar-refractivity contribution in [2.45, 2.75) is 12.4 Å². The number of aromatic nitrogens is 2. The van der Waals surface area contributed by atoms with Crippen molar-refractivity contribution in [3.63, 3.8) is 0 Å². The molecule has 0 aliphatic carbocycles. The molecule has 0 saturated heterocycles. The Morgan fingerprint density at radius 1 is 1.44 bits per heavy atom. The molecule has 0 atom stereocenters. The van der Waals surface area contributed by atoms with Crippen molar-refractivity contribution in [3.8, 4) is 0 Å². The van der Waals surface area contributed by atoms with Crippen molar-refractivity contribution in [1.29, 1.82) is 0 Å². The molecule has 7 heteroatoms. The number of nitrogens with zero attached hydrogens (tertiary/aromatic N) is 3. The Hall–Kier alpha value is -1.95. The van der Waals surface area contributed by atoms with Gasteiger partial charge in [0.05, 0.1) is 16.9 Å². The number of alkyl halides is 1. The zero-order valence-electron chi connectivity index (χ0n) is 9.22. The predicted molar refractivity (Wildman–Crippen MR) is 63.9 cm³/mol. The first-order chi connectivity index (χ1) is 8.60. The lowest BCUT2D eigenvalue weighted by Crippen LogP contribution is -2.03. The summed E-state index contributed by atoms with van der Waals surface area (Å²) in [6.07, 6.45) is 3.26. The van der Waals surface area contributed by atoms with Gasteiger partial charge in [0.15, 0.2) is 0 Å². The zero-order chi connectivity index (χ0) is 13.1. The van der Waals surface area contributed by atoms with Gasteiger partial charge in [-0.3, -0.25) is 10.1 Å². The molecule has 0 amide bonds. The summed E-state index contributed by atoms with van der Waals surface area (Å²) in [6.45, 7) is 0.292. The third-order valence-corrected chi connectivity index (χ3v) is 2.67. The first-order valence-corrected chi connectivity index (χ1v) is 5.63. The van der Waals surface area contributed by atoms with Crippen LogP contribution in [-0.2, 0) is 12.4 Å². The van der Waals surface area contributed by atoms with Gasteiger partial charge in [-0.1, -0.05) is 0 Å². The zero-order valence-corrected chi connectivity index (χ0v) is 9.97. The highest BCUT2D eigenvalue weighted by atomic mass is 35.5. The fraction of sp³-hybridized carbons (Fsp3) is 0.182. The van der Waals surface area contributed by atoms with Crippen molar-refractivity contribution in [1.82, 2.24) is 9.55 Å². The standard InChI is InChI=1S/C11H9ClFN3O2/c12-6-11-14-1-2-15(11)7-8-3-9(13)5-10(4-8)16(17)18/h1-5H,6-7H2. The van der Waals surface area contributed by atoms with E-state index in [2.05, 4.69) is 4.98 Å². The molecule has 2 aromatic rings. The Balaban J connectivity index is 2.32. The van der Waals surface area contributed by atoms with Gasteiger partial charge >= 0.3 is 0 Å². The maximum Gasteiger partial charge on any atom is 0.272 e. The van der Waals surface area contributed by atoms with Crippen LogP contribution in [0.2, 0.25) is 0 Å². The average molecular weight is 270 g/mol. The van der Waals surface area contributed by atoms with Crippen LogP contribution in [0, 0.1) is 15.9 Å². The van der Waals surface area contributed by atoms with Gasteiger partial charge in [0.25, 0.3) is 5.69 Å². The van der Waals surface area contributed by atoms with E-state index in [-0.39, 0.29) is 11.6 Å². The Morgan fingerprint density at radius 3 is 2.89 bits per heavy atom. The Bertz CT molecular complexity index is 585. The molecule has 1 heterocycles. The van der Waals surface area contributed by atoms with Gasteiger partial charge in [0, 0.05) is 25.0 Å². The summed E-state index contributed by atoms with van der Waals surface area (Å²) in [5.41, 5.74) is 0.226. The molecule has 1 aromatic heterocycles. The summed E-state index contributed by atoms with van der Waals surface area (Å²) in [7, 11) is 0. The lowest BCUT2D eigenvalue weighted by molar-refractivity contribution is -0.385. The number of rotatable bonds is 4. The van der Waals surface area contributed by atoms with Crippen LogP contribution in [0.3, 0.4) is 0 Å². The summed E-state index contributed by atoms with van der Waals surface area (Å²) in [5, 5.41) is 10.6. The quantitative estimate of drug-likeness (QED) is 0.487. The van der Waals surface area contributed by atoms with Crippen molar-refractivity contribution >= 4 is 17.3 Å². The summed E-state index contributed by atoms with van der Waals surface area (Å²) >= 11 is 5.69. The van der Waals surface area contributed by atoms with Crippen LogP contribution in [0.5, 0.6) is 0 Å². The monoisotopic (exact) mass is 269 g/mol. The lowest BCUT2D eigenvalue weighted by atomic mass is 10.2. The second-order valence-corrected chi connectivity index (χ2v) is 3.95. The maximum absolute atomic E-state index is 13.2. The second kappa shape index (κ2) is 5.14. The van der Waals surface area contributed by atoms with E-state index in [9.17, 15) is 14.5 Å². The van der Waals surface area contributed by atoms with Crippen LogP contribution in [0.4, 0.5) is 10.1 Å². The van der Waals surface area contributed by atoms with E-state index < -0.39 is 10.7 Å². The molecule has 0 aliphatic rings. The Morgan fingerprint density at radius 2 is 2.22 bits per heavy atom. The molecule has 1 aromatic carbocycles. The molecular weight excluding hydrogens is 261 g/mol. The van der Waals surface area contributed by atoms with Crippen LogP contribution in [0.25, 0.3) is 0 Å². The minimum absolute atomic E-state index is 0.227. The van der Waals surface area contributed by atoms with E-state index in [1.807, 2.05) is 0 Å². The topological polar surface area (TPSA) is 61.0 Å². The molecule has 0 fully saturated rings. The van der Waals surface area contributed by atoms with Crippen molar-refractivity contribution in [3.05, 3.63) is 57.9 Å². The van der Waals surface area contributed by atoms with Gasteiger partial charge in [0.2, 0.25) is 0 Å². The molecule has 94 valence electrons. The largest absolute Gasteiger partial charge is 0.330 e. The van der Waals surface area contributed by atoms with Crippen molar-refractivity contribution < 1.29 is 9.31 Å². The minimum Gasteiger partial charge on any atom is -0.330 e. The Labute approximate surface area is 107 Å². The van der Waals surface area contributed by atoms with E-state index in [1.54, 1.807) is 17.0 Å². The SMILES string of the molecule is O=[N+]([O-])c1cc(F)cc(Cn2ccnc2CCl)c1. The molecule has 18 heavy (non-hydrogen) atoms. The molecule has 0 aliphatic heterocycles. The summed E-state index contributed by atoms with van der Waals surface area (Å²) < 4.78 is 15.0. The van der Waals surface area contributed by atoms with Gasteiger partial charge in [-0.05, 0) is 11.6 Å². The molecule has 0 saturated carbocycles. The molecule has 0 bridgehead atoms. The van der Waals surface area contributed by atoms with Gasteiger partial charge in [-0.2, -0.15) is 0 Å². The fourth-order valence-corrected chi connectivity index (χ4v) is 1.86. The highest BCUT2D eigenvalue weighted by molar-refractivity contribution is 6.16. The first kappa shape index (κ1) is 12.5. The number of hydrogen-bond donors (Lipinski definition) is 0. The van der Waals surface area contributed by atoms with Crippen molar-refractivity contribution in [2.24, 2.45) is 0 Å². The Kier molecular flexibility index (Phi) is 3.57. The van der Waals surface area contributed by atoms with E-state index in [0.29, 0.717) is 17.9 Å². The van der Waals surface area contributed by atoms with Crippen LogP contribution in [0.15, 0.2) is 30.6 Å². The summed E-state index contributed by atoms with van der Waals surface area (Å²) in [5.74, 6) is 0.222. The molecule has 0 unspecified atom stereocenters. The maximum atomic E-state index is 13.2. The van der Waals surface area contributed by atoms with Crippen molar-refractivity contribution in [2.75, 3.05) is 0 Å². The van der Waals surface area contributed by atoms with Gasteiger partial charge < -0.3 is 4.57 Å². The fourth-order valence-electron chi connectivity index (χ4n) is 1.64. The van der Waals surface area contributed by atoms with Crippen LogP contribution in [-0.4, -0.2) is 14.5 Å². The number of nitro benzene ring substituents is 1. The van der Waals surface area contributed by atoms with Crippen LogP contribution >= 0.6 is 11.6 Å². The number of non-ortho nitro benzene ring substituents is 1. The highest BCUT2D eigenvalue weighted by Crippen LogP contribution is 2.17. The molecule has 0 spiro atoms. The molecule has 2 rings (SSSR count). The van der Waals surface area contributed by atoms with E-state index >= 15 is 0 Å². The normalized spacial score (nSPS) is 10.6. The first-order valence-electron chi connectivity index (χ1n) is 5.10.